The first-order valence-corrected chi connectivity index (χ1v) is 11.7. The summed E-state index contributed by atoms with van der Waals surface area (Å²) in [7, 11) is 0. The van der Waals surface area contributed by atoms with Crippen LogP contribution in [0.25, 0.3) is 11.1 Å². The number of anilines is 3. The molecule has 0 unspecified atom stereocenters. The topological polar surface area (TPSA) is 101 Å². The van der Waals surface area contributed by atoms with E-state index in [0.717, 1.165) is 28.7 Å². The third-order valence-corrected chi connectivity index (χ3v) is 5.78. The van der Waals surface area contributed by atoms with Crippen molar-refractivity contribution in [2.24, 2.45) is 10.2 Å². The molecule has 0 bridgehead atoms. The molecule has 1 aliphatic heterocycles. The summed E-state index contributed by atoms with van der Waals surface area (Å²) in [6.07, 6.45) is 6.32. The van der Waals surface area contributed by atoms with E-state index >= 15 is 0 Å². The highest BCUT2D eigenvalue weighted by molar-refractivity contribution is 6.33. The summed E-state index contributed by atoms with van der Waals surface area (Å²) in [5.41, 5.74) is 4.23. The first-order chi connectivity index (χ1) is 17.7. The van der Waals surface area contributed by atoms with E-state index in [0.29, 0.717) is 37.0 Å². The fourth-order valence-corrected chi connectivity index (χ4v) is 3.96. The van der Waals surface area contributed by atoms with E-state index in [2.05, 4.69) is 35.5 Å². The van der Waals surface area contributed by atoms with Gasteiger partial charge in [-0.2, -0.15) is 10.1 Å². The van der Waals surface area contributed by atoms with Gasteiger partial charge in [0.05, 0.1) is 42.0 Å². The van der Waals surface area contributed by atoms with Gasteiger partial charge in [0.2, 0.25) is 0 Å². The zero-order valence-electron chi connectivity index (χ0n) is 19.2. The van der Waals surface area contributed by atoms with Gasteiger partial charge in [0, 0.05) is 42.3 Å². The van der Waals surface area contributed by atoms with Gasteiger partial charge in [-0.3, -0.25) is 9.97 Å². The van der Waals surface area contributed by atoms with Crippen LogP contribution in [0.3, 0.4) is 0 Å². The van der Waals surface area contributed by atoms with E-state index in [4.69, 9.17) is 16.3 Å². The zero-order chi connectivity index (χ0) is 24.7. The van der Waals surface area contributed by atoms with Crippen molar-refractivity contribution in [2.45, 2.75) is 6.54 Å². The molecule has 0 radical (unpaired) electrons. The van der Waals surface area contributed by atoms with Crippen LogP contribution in [0, 0.1) is 5.82 Å². The number of ether oxygens (including phenoxy) is 1. The van der Waals surface area contributed by atoms with Crippen LogP contribution in [0.1, 0.15) is 5.69 Å². The molecule has 4 aromatic rings. The molecule has 0 saturated carbocycles. The SMILES string of the molecule is Fc1cnc(N=NCc2ccc(Nc3ccc(-c4cccnc4)c(Cl)c3)cn2)nc1N1CCOCC1. The highest BCUT2D eigenvalue weighted by atomic mass is 35.5. The Balaban J connectivity index is 1.20. The van der Waals surface area contributed by atoms with Crippen molar-refractivity contribution in [3.8, 4) is 11.1 Å². The van der Waals surface area contributed by atoms with Crippen LogP contribution in [-0.4, -0.2) is 46.2 Å². The monoisotopic (exact) mass is 504 g/mol. The van der Waals surface area contributed by atoms with Gasteiger partial charge in [-0.05, 0) is 30.3 Å². The molecule has 1 saturated heterocycles. The molecule has 1 N–H and O–H groups in total. The summed E-state index contributed by atoms with van der Waals surface area (Å²) in [4.78, 5) is 18.5. The lowest BCUT2D eigenvalue weighted by Crippen LogP contribution is -2.37. The van der Waals surface area contributed by atoms with Crippen molar-refractivity contribution in [2.75, 3.05) is 36.5 Å². The molecule has 11 heteroatoms. The van der Waals surface area contributed by atoms with Gasteiger partial charge in [-0.15, -0.1) is 5.11 Å². The van der Waals surface area contributed by atoms with Crippen LogP contribution in [0.2, 0.25) is 5.02 Å². The predicted molar refractivity (Wildman–Crippen MR) is 135 cm³/mol. The number of hydrogen-bond acceptors (Lipinski definition) is 9. The second-order valence-corrected chi connectivity index (χ2v) is 8.35. The van der Waals surface area contributed by atoms with Gasteiger partial charge in [-0.25, -0.2) is 9.37 Å². The lowest BCUT2D eigenvalue weighted by atomic mass is 10.1. The van der Waals surface area contributed by atoms with Crippen molar-refractivity contribution in [1.82, 2.24) is 19.9 Å². The minimum absolute atomic E-state index is 0.0998. The predicted octanol–water partition coefficient (Wildman–Crippen LogP) is 5.59. The molecule has 1 aromatic carbocycles. The standard InChI is InChI=1S/C25H22ClFN8O/c26-22-12-18(5-6-21(22)17-2-1-7-28-13-17)32-20-4-3-19(29-14-20)15-31-34-25-30-16-23(27)24(33-25)35-8-10-36-11-9-35/h1-7,12-14,16,32H,8-11,15H2. The molecule has 36 heavy (non-hydrogen) atoms. The lowest BCUT2D eigenvalue weighted by molar-refractivity contribution is 0.122. The number of hydrogen-bond donors (Lipinski definition) is 1. The Labute approximate surface area is 212 Å². The van der Waals surface area contributed by atoms with E-state index in [9.17, 15) is 4.39 Å². The fraction of sp³-hybridized carbons (Fsp3) is 0.200. The maximum Gasteiger partial charge on any atom is 0.270 e. The average molecular weight is 505 g/mol. The largest absolute Gasteiger partial charge is 0.378 e. The first-order valence-electron chi connectivity index (χ1n) is 11.3. The van der Waals surface area contributed by atoms with E-state index < -0.39 is 5.82 Å². The molecular formula is C25H22ClFN8O. The van der Waals surface area contributed by atoms with Gasteiger partial charge in [-0.1, -0.05) is 23.7 Å². The van der Waals surface area contributed by atoms with Gasteiger partial charge >= 0.3 is 0 Å². The van der Waals surface area contributed by atoms with Crippen LogP contribution in [0.5, 0.6) is 0 Å². The number of nitrogens with one attached hydrogen (secondary N) is 1. The molecule has 0 spiro atoms. The normalized spacial score (nSPS) is 13.8. The summed E-state index contributed by atoms with van der Waals surface area (Å²) >= 11 is 6.48. The number of aromatic nitrogens is 4. The Morgan fingerprint density at radius 2 is 1.89 bits per heavy atom. The zero-order valence-corrected chi connectivity index (χ0v) is 19.9. The number of rotatable bonds is 7. The van der Waals surface area contributed by atoms with Gasteiger partial charge < -0.3 is 15.0 Å². The molecule has 182 valence electrons. The summed E-state index contributed by atoms with van der Waals surface area (Å²) in [6.45, 7) is 2.42. The van der Waals surface area contributed by atoms with Crippen molar-refractivity contribution in [1.29, 1.82) is 0 Å². The summed E-state index contributed by atoms with van der Waals surface area (Å²) in [6, 6.07) is 13.3. The van der Waals surface area contributed by atoms with Crippen LogP contribution in [-0.2, 0) is 11.3 Å². The number of morpholine rings is 1. The maximum absolute atomic E-state index is 14.1. The fourth-order valence-electron chi connectivity index (χ4n) is 3.67. The molecule has 1 aliphatic rings. The molecule has 0 aliphatic carbocycles. The maximum atomic E-state index is 14.1. The summed E-state index contributed by atoms with van der Waals surface area (Å²) < 4.78 is 19.5. The molecular weight excluding hydrogens is 483 g/mol. The molecule has 9 nitrogen and oxygen atoms in total. The van der Waals surface area contributed by atoms with Crippen LogP contribution in [0.15, 0.2) is 77.5 Å². The van der Waals surface area contributed by atoms with Crippen molar-refractivity contribution >= 4 is 34.7 Å². The lowest BCUT2D eigenvalue weighted by Gasteiger charge is -2.27. The first kappa shape index (κ1) is 23.7. The molecule has 0 atom stereocenters. The second-order valence-electron chi connectivity index (χ2n) is 7.94. The van der Waals surface area contributed by atoms with Gasteiger partial charge in [0.25, 0.3) is 5.95 Å². The van der Waals surface area contributed by atoms with Gasteiger partial charge in [0.15, 0.2) is 11.6 Å². The Morgan fingerprint density at radius 1 is 1.03 bits per heavy atom. The summed E-state index contributed by atoms with van der Waals surface area (Å²) in [5.74, 6) is -0.180. The van der Waals surface area contributed by atoms with E-state index in [1.165, 1.54) is 0 Å². The highest BCUT2D eigenvalue weighted by Gasteiger charge is 2.17. The molecule has 3 aromatic heterocycles. The third-order valence-electron chi connectivity index (χ3n) is 5.47. The minimum Gasteiger partial charge on any atom is -0.378 e. The van der Waals surface area contributed by atoms with Crippen molar-refractivity contribution < 1.29 is 9.13 Å². The minimum atomic E-state index is -0.492. The molecule has 1 fully saturated rings. The van der Waals surface area contributed by atoms with E-state index in [1.54, 1.807) is 18.6 Å². The van der Waals surface area contributed by atoms with Crippen molar-refractivity contribution in [3.05, 3.63) is 83.8 Å². The van der Waals surface area contributed by atoms with Crippen LogP contribution in [0.4, 0.5) is 27.5 Å². The third kappa shape index (κ3) is 5.78. The quantitative estimate of drug-likeness (QED) is 0.327. The number of azo groups is 1. The number of benzene rings is 1. The van der Waals surface area contributed by atoms with E-state index in [-0.39, 0.29) is 18.3 Å². The average Bonchev–Trinajstić information content (AvgIpc) is 2.92. The number of pyridine rings is 2. The second kappa shape index (κ2) is 11.1. The number of nitrogens with zero attached hydrogens (tertiary/aromatic N) is 7. The van der Waals surface area contributed by atoms with Gasteiger partial charge in [0.1, 0.15) is 6.54 Å². The summed E-state index contributed by atoms with van der Waals surface area (Å²) in [5, 5.41) is 12.1. The molecule has 4 heterocycles. The molecule has 5 rings (SSSR count). The Bertz CT molecular complexity index is 1350. The Morgan fingerprint density at radius 3 is 2.64 bits per heavy atom. The van der Waals surface area contributed by atoms with E-state index in [1.807, 2.05) is 47.4 Å². The smallest absolute Gasteiger partial charge is 0.270 e. The molecule has 0 amide bonds. The highest BCUT2D eigenvalue weighted by Crippen LogP contribution is 2.31. The van der Waals surface area contributed by atoms with Crippen LogP contribution >= 0.6 is 11.6 Å². The number of halogens is 2. The Kier molecular flexibility index (Phi) is 7.34. The Hall–Kier alpha value is -4.02. The van der Waals surface area contributed by atoms with Crippen molar-refractivity contribution in [3.63, 3.8) is 0 Å². The van der Waals surface area contributed by atoms with Crippen LogP contribution < -0.4 is 10.2 Å².